The Hall–Kier alpha value is -2.54. The van der Waals surface area contributed by atoms with Gasteiger partial charge in [-0.25, -0.2) is 4.98 Å². The second-order valence-corrected chi connectivity index (χ2v) is 5.62. The van der Waals surface area contributed by atoms with Gasteiger partial charge in [0.1, 0.15) is 11.5 Å². The van der Waals surface area contributed by atoms with E-state index in [0.717, 1.165) is 17.1 Å². The van der Waals surface area contributed by atoms with Gasteiger partial charge in [-0.1, -0.05) is 11.8 Å². The van der Waals surface area contributed by atoms with Crippen LogP contribution in [0.25, 0.3) is 11.4 Å². The minimum absolute atomic E-state index is 0.668. The number of hydrogen-bond acceptors (Lipinski definition) is 6. The highest BCUT2D eigenvalue weighted by atomic mass is 32.2. The van der Waals surface area contributed by atoms with E-state index in [1.807, 2.05) is 30.3 Å². The van der Waals surface area contributed by atoms with Crippen molar-refractivity contribution in [3.8, 4) is 22.9 Å². The fourth-order valence-corrected chi connectivity index (χ4v) is 2.81. The largest absolute Gasteiger partial charge is 0.497 e. The zero-order valence-electron chi connectivity index (χ0n) is 12.8. The Morgan fingerprint density at radius 3 is 2.65 bits per heavy atom. The van der Waals surface area contributed by atoms with Crippen molar-refractivity contribution in [1.82, 2.24) is 20.2 Å². The van der Waals surface area contributed by atoms with Crippen molar-refractivity contribution < 1.29 is 9.47 Å². The monoisotopic (exact) mass is 328 g/mol. The van der Waals surface area contributed by atoms with E-state index in [1.165, 1.54) is 5.56 Å². The molecule has 0 saturated carbocycles. The van der Waals surface area contributed by atoms with Crippen LogP contribution in [0.3, 0.4) is 0 Å². The zero-order chi connectivity index (χ0) is 16.1. The predicted octanol–water partition coefficient (Wildman–Crippen LogP) is 3.18. The molecule has 23 heavy (non-hydrogen) atoms. The molecule has 0 aliphatic carbocycles. The Morgan fingerprint density at radius 2 is 1.91 bits per heavy atom. The van der Waals surface area contributed by atoms with Crippen LogP contribution in [0.4, 0.5) is 0 Å². The fourth-order valence-electron chi connectivity index (χ4n) is 2.05. The molecule has 0 aliphatic rings. The van der Waals surface area contributed by atoms with Gasteiger partial charge in [0.05, 0.1) is 19.8 Å². The second kappa shape index (κ2) is 7.15. The van der Waals surface area contributed by atoms with E-state index in [4.69, 9.17) is 9.47 Å². The standard InChI is InChI=1S/C16H16N4O2S/c1-21-12-3-4-13(14(9-12)22-2)15-18-16(20-19-15)23-10-11-5-7-17-8-6-11/h3-9H,10H2,1-2H3,(H,18,19,20). The molecule has 0 spiro atoms. The summed E-state index contributed by atoms with van der Waals surface area (Å²) >= 11 is 1.56. The predicted molar refractivity (Wildman–Crippen MR) is 88.7 cm³/mol. The highest BCUT2D eigenvalue weighted by molar-refractivity contribution is 7.98. The van der Waals surface area contributed by atoms with Crippen LogP contribution in [0.2, 0.25) is 0 Å². The first-order valence-electron chi connectivity index (χ1n) is 6.96. The molecule has 2 heterocycles. The number of H-pyrrole nitrogens is 1. The summed E-state index contributed by atoms with van der Waals surface area (Å²) in [6, 6.07) is 9.54. The average Bonchev–Trinajstić information content (AvgIpc) is 3.09. The minimum atomic E-state index is 0.668. The third-order valence-electron chi connectivity index (χ3n) is 3.25. The second-order valence-electron chi connectivity index (χ2n) is 4.68. The molecule has 0 radical (unpaired) electrons. The maximum Gasteiger partial charge on any atom is 0.209 e. The van der Waals surface area contributed by atoms with Gasteiger partial charge in [0.25, 0.3) is 0 Å². The lowest BCUT2D eigenvalue weighted by Crippen LogP contribution is -1.91. The van der Waals surface area contributed by atoms with Crippen molar-refractivity contribution in [2.24, 2.45) is 0 Å². The topological polar surface area (TPSA) is 72.9 Å². The number of benzene rings is 1. The van der Waals surface area contributed by atoms with E-state index in [9.17, 15) is 0 Å². The first-order valence-corrected chi connectivity index (χ1v) is 7.95. The number of rotatable bonds is 6. The Bertz CT molecular complexity index is 777. The quantitative estimate of drug-likeness (QED) is 0.701. The Morgan fingerprint density at radius 1 is 1.09 bits per heavy atom. The molecule has 7 heteroatoms. The molecule has 2 aromatic heterocycles. The molecule has 0 fully saturated rings. The number of ether oxygens (including phenoxy) is 2. The van der Waals surface area contributed by atoms with Gasteiger partial charge in [-0.3, -0.25) is 10.1 Å². The van der Waals surface area contributed by atoms with E-state index < -0.39 is 0 Å². The molecule has 0 amide bonds. The summed E-state index contributed by atoms with van der Waals surface area (Å²) in [5.41, 5.74) is 2.02. The van der Waals surface area contributed by atoms with E-state index >= 15 is 0 Å². The molecule has 0 aliphatic heterocycles. The number of aromatic amines is 1. The number of aromatic nitrogens is 4. The van der Waals surface area contributed by atoms with E-state index in [0.29, 0.717) is 16.7 Å². The van der Waals surface area contributed by atoms with Gasteiger partial charge in [0.2, 0.25) is 5.16 Å². The van der Waals surface area contributed by atoms with Crippen molar-refractivity contribution in [3.05, 3.63) is 48.3 Å². The maximum absolute atomic E-state index is 5.40. The van der Waals surface area contributed by atoms with Gasteiger partial charge in [-0.2, -0.15) is 0 Å². The Balaban J connectivity index is 1.76. The molecule has 0 bridgehead atoms. The van der Waals surface area contributed by atoms with Crippen LogP contribution in [0, 0.1) is 0 Å². The van der Waals surface area contributed by atoms with Gasteiger partial charge in [0.15, 0.2) is 5.82 Å². The van der Waals surface area contributed by atoms with E-state index in [2.05, 4.69) is 20.2 Å². The Labute approximate surface area is 138 Å². The first kappa shape index (κ1) is 15.4. The van der Waals surface area contributed by atoms with Crippen LogP contribution in [-0.2, 0) is 5.75 Å². The lowest BCUT2D eigenvalue weighted by Gasteiger charge is -2.07. The third kappa shape index (κ3) is 3.62. The van der Waals surface area contributed by atoms with E-state index in [1.54, 1.807) is 38.4 Å². The van der Waals surface area contributed by atoms with Crippen LogP contribution < -0.4 is 9.47 Å². The Kier molecular flexibility index (Phi) is 4.77. The lowest BCUT2D eigenvalue weighted by molar-refractivity contribution is 0.395. The van der Waals surface area contributed by atoms with E-state index in [-0.39, 0.29) is 0 Å². The number of methoxy groups -OCH3 is 2. The molecule has 1 aromatic carbocycles. The van der Waals surface area contributed by atoms with Gasteiger partial charge >= 0.3 is 0 Å². The number of hydrogen-bond donors (Lipinski definition) is 1. The molecule has 6 nitrogen and oxygen atoms in total. The summed E-state index contributed by atoms with van der Waals surface area (Å²) in [5.74, 6) is 2.88. The van der Waals surface area contributed by atoms with Gasteiger partial charge in [0, 0.05) is 24.2 Å². The molecule has 0 unspecified atom stereocenters. The van der Waals surface area contributed by atoms with Crippen molar-refractivity contribution in [2.45, 2.75) is 10.9 Å². The van der Waals surface area contributed by atoms with Gasteiger partial charge in [-0.05, 0) is 29.8 Å². The molecular formula is C16H16N4O2S. The smallest absolute Gasteiger partial charge is 0.209 e. The zero-order valence-corrected chi connectivity index (χ0v) is 13.6. The van der Waals surface area contributed by atoms with Crippen molar-refractivity contribution in [3.63, 3.8) is 0 Å². The summed E-state index contributed by atoms with van der Waals surface area (Å²) in [4.78, 5) is 8.53. The number of pyridine rings is 1. The van der Waals surface area contributed by atoms with Crippen LogP contribution in [0.1, 0.15) is 5.56 Å². The van der Waals surface area contributed by atoms with Crippen LogP contribution in [-0.4, -0.2) is 34.4 Å². The molecule has 0 saturated heterocycles. The number of nitrogens with zero attached hydrogens (tertiary/aromatic N) is 3. The van der Waals surface area contributed by atoms with Gasteiger partial charge in [-0.15, -0.1) is 5.10 Å². The molecule has 118 valence electrons. The summed E-state index contributed by atoms with van der Waals surface area (Å²) in [6.07, 6.45) is 3.56. The SMILES string of the molecule is COc1ccc(-c2nc(SCc3ccncc3)n[nH]2)c(OC)c1. The molecular weight excluding hydrogens is 312 g/mol. The van der Waals surface area contributed by atoms with Crippen molar-refractivity contribution >= 4 is 11.8 Å². The minimum Gasteiger partial charge on any atom is -0.497 e. The maximum atomic E-state index is 5.40. The molecule has 3 aromatic rings. The first-order chi connectivity index (χ1) is 11.3. The van der Waals surface area contributed by atoms with Crippen molar-refractivity contribution in [2.75, 3.05) is 14.2 Å². The summed E-state index contributed by atoms with van der Waals surface area (Å²) < 4.78 is 10.6. The molecule has 0 atom stereocenters. The number of nitrogens with one attached hydrogen (secondary N) is 1. The van der Waals surface area contributed by atoms with Crippen LogP contribution in [0.5, 0.6) is 11.5 Å². The average molecular weight is 328 g/mol. The highest BCUT2D eigenvalue weighted by Crippen LogP contribution is 2.32. The summed E-state index contributed by atoms with van der Waals surface area (Å²) in [5, 5.41) is 7.89. The van der Waals surface area contributed by atoms with Crippen LogP contribution in [0.15, 0.2) is 47.9 Å². The lowest BCUT2D eigenvalue weighted by atomic mass is 10.2. The molecule has 1 N–H and O–H groups in total. The van der Waals surface area contributed by atoms with Crippen LogP contribution >= 0.6 is 11.8 Å². The summed E-state index contributed by atoms with van der Waals surface area (Å²) in [6.45, 7) is 0. The summed E-state index contributed by atoms with van der Waals surface area (Å²) in [7, 11) is 3.24. The third-order valence-corrected chi connectivity index (χ3v) is 4.16. The number of thioether (sulfide) groups is 1. The highest BCUT2D eigenvalue weighted by Gasteiger charge is 2.12. The van der Waals surface area contributed by atoms with Crippen molar-refractivity contribution in [1.29, 1.82) is 0 Å². The molecule has 3 rings (SSSR count). The normalized spacial score (nSPS) is 10.5. The fraction of sp³-hybridized carbons (Fsp3) is 0.188. The van der Waals surface area contributed by atoms with Gasteiger partial charge < -0.3 is 9.47 Å².